The van der Waals surface area contributed by atoms with Gasteiger partial charge in [0.2, 0.25) is 5.43 Å². The average Bonchev–Trinajstić information content (AvgIpc) is 3.38. The van der Waals surface area contributed by atoms with E-state index in [4.69, 9.17) is 5.73 Å². The number of aromatic carboxylic acids is 1. The summed E-state index contributed by atoms with van der Waals surface area (Å²) in [6, 6.07) is 1.35. The van der Waals surface area contributed by atoms with Crippen LogP contribution in [0.3, 0.4) is 0 Å². The topological polar surface area (TPSA) is 88.6 Å². The van der Waals surface area contributed by atoms with Gasteiger partial charge in [0, 0.05) is 36.8 Å². The van der Waals surface area contributed by atoms with E-state index >= 15 is 4.39 Å². The van der Waals surface area contributed by atoms with E-state index in [9.17, 15) is 14.7 Å². The second-order valence-corrected chi connectivity index (χ2v) is 7.78. The maximum absolute atomic E-state index is 15.1. The number of fused-ring (bicyclic) bond motifs is 1. The Labute approximate surface area is 156 Å². The van der Waals surface area contributed by atoms with Crippen molar-refractivity contribution in [2.24, 2.45) is 11.7 Å². The number of carboxylic acids is 1. The molecule has 3 N–H and O–H groups in total. The van der Waals surface area contributed by atoms with Gasteiger partial charge in [-0.1, -0.05) is 13.3 Å². The highest BCUT2D eigenvalue weighted by Crippen LogP contribution is 2.40. The van der Waals surface area contributed by atoms with Crippen LogP contribution < -0.4 is 16.1 Å². The SMILES string of the molecule is CC[C@H]1CN(c2c(F)cc3c(=O)c(C(=O)O)cn(C4CC4)c3c2C)C[C@H]1N. The molecule has 4 rings (SSSR count). The molecule has 1 aliphatic heterocycles. The number of aromatic nitrogens is 1. The van der Waals surface area contributed by atoms with Crippen molar-refractivity contribution in [1.29, 1.82) is 0 Å². The molecule has 1 saturated carbocycles. The lowest BCUT2D eigenvalue weighted by Gasteiger charge is -2.24. The van der Waals surface area contributed by atoms with E-state index in [0.29, 0.717) is 35.8 Å². The van der Waals surface area contributed by atoms with E-state index in [2.05, 4.69) is 6.92 Å². The smallest absolute Gasteiger partial charge is 0.341 e. The van der Waals surface area contributed by atoms with Gasteiger partial charge in [-0.3, -0.25) is 4.79 Å². The van der Waals surface area contributed by atoms with Gasteiger partial charge in [-0.25, -0.2) is 9.18 Å². The molecule has 144 valence electrons. The van der Waals surface area contributed by atoms with Crippen LogP contribution in [0.15, 0.2) is 17.1 Å². The fraction of sp³-hybridized carbons (Fsp3) is 0.500. The summed E-state index contributed by atoms with van der Waals surface area (Å²) in [4.78, 5) is 26.1. The summed E-state index contributed by atoms with van der Waals surface area (Å²) in [6.07, 6.45) is 4.20. The monoisotopic (exact) mass is 373 g/mol. The first-order valence-corrected chi connectivity index (χ1v) is 9.45. The summed E-state index contributed by atoms with van der Waals surface area (Å²) in [5, 5.41) is 9.51. The summed E-state index contributed by atoms with van der Waals surface area (Å²) in [5.41, 5.74) is 7.06. The quantitative estimate of drug-likeness (QED) is 0.860. The van der Waals surface area contributed by atoms with Crippen LogP contribution in [-0.2, 0) is 0 Å². The van der Waals surface area contributed by atoms with Crippen LogP contribution in [0.25, 0.3) is 10.9 Å². The Balaban J connectivity index is 1.96. The van der Waals surface area contributed by atoms with Gasteiger partial charge in [0.25, 0.3) is 0 Å². The Kier molecular flexibility index (Phi) is 4.22. The highest BCUT2D eigenvalue weighted by atomic mass is 19.1. The van der Waals surface area contributed by atoms with Crippen molar-refractivity contribution in [3.8, 4) is 0 Å². The zero-order valence-electron chi connectivity index (χ0n) is 15.5. The van der Waals surface area contributed by atoms with Gasteiger partial charge in [0.1, 0.15) is 11.4 Å². The molecule has 0 unspecified atom stereocenters. The molecule has 0 spiro atoms. The van der Waals surface area contributed by atoms with Crippen molar-refractivity contribution in [3.63, 3.8) is 0 Å². The number of hydrogen-bond donors (Lipinski definition) is 2. The van der Waals surface area contributed by atoms with Crippen molar-refractivity contribution in [2.75, 3.05) is 18.0 Å². The fourth-order valence-electron chi connectivity index (χ4n) is 4.36. The molecule has 0 amide bonds. The van der Waals surface area contributed by atoms with Crippen LogP contribution in [0.4, 0.5) is 10.1 Å². The maximum atomic E-state index is 15.1. The van der Waals surface area contributed by atoms with Crippen LogP contribution in [0, 0.1) is 18.7 Å². The van der Waals surface area contributed by atoms with Crippen molar-refractivity contribution < 1.29 is 14.3 Å². The largest absolute Gasteiger partial charge is 0.477 e. The summed E-state index contributed by atoms with van der Waals surface area (Å²) < 4.78 is 16.9. The van der Waals surface area contributed by atoms with Crippen LogP contribution in [0.1, 0.15) is 48.1 Å². The molecule has 1 aromatic carbocycles. The molecule has 1 aromatic heterocycles. The Hall–Kier alpha value is -2.41. The molecule has 6 nitrogen and oxygen atoms in total. The predicted octanol–water partition coefficient (Wildman–Crippen LogP) is 2.66. The Morgan fingerprint density at radius 2 is 2.07 bits per heavy atom. The van der Waals surface area contributed by atoms with Crippen molar-refractivity contribution in [2.45, 2.75) is 45.2 Å². The highest BCUT2D eigenvalue weighted by Gasteiger charge is 2.33. The second-order valence-electron chi connectivity index (χ2n) is 7.78. The number of nitrogens with two attached hydrogens (primary N) is 1. The van der Waals surface area contributed by atoms with Gasteiger partial charge in [0.05, 0.1) is 11.2 Å². The van der Waals surface area contributed by atoms with E-state index in [1.807, 2.05) is 16.4 Å². The number of benzene rings is 1. The van der Waals surface area contributed by atoms with Crippen LogP contribution >= 0.6 is 0 Å². The van der Waals surface area contributed by atoms with Gasteiger partial charge < -0.3 is 20.3 Å². The number of nitrogens with zero attached hydrogens (tertiary/aromatic N) is 2. The molecule has 1 saturated heterocycles. The minimum Gasteiger partial charge on any atom is -0.477 e. The van der Waals surface area contributed by atoms with E-state index in [1.165, 1.54) is 12.3 Å². The normalized spacial score (nSPS) is 22.6. The zero-order valence-corrected chi connectivity index (χ0v) is 15.5. The number of carbonyl (C=O) groups is 1. The third-order valence-corrected chi connectivity index (χ3v) is 5.98. The molecule has 2 aromatic rings. The second kappa shape index (κ2) is 6.34. The average molecular weight is 373 g/mol. The fourth-order valence-corrected chi connectivity index (χ4v) is 4.36. The van der Waals surface area contributed by atoms with Crippen LogP contribution in [-0.4, -0.2) is 34.8 Å². The third kappa shape index (κ3) is 2.81. The van der Waals surface area contributed by atoms with Gasteiger partial charge in [0.15, 0.2) is 0 Å². The molecule has 1 aliphatic carbocycles. The number of hydrogen-bond acceptors (Lipinski definition) is 4. The highest BCUT2D eigenvalue weighted by molar-refractivity contribution is 5.95. The van der Waals surface area contributed by atoms with Crippen molar-refractivity contribution >= 4 is 22.6 Å². The zero-order chi connectivity index (χ0) is 19.5. The molecular weight excluding hydrogens is 349 g/mol. The van der Waals surface area contributed by atoms with E-state index < -0.39 is 17.2 Å². The summed E-state index contributed by atoms with van der Waals surface area (Å²) >= 11 is 0. The molecule has 27 heavy (non-hydrogen) atoms. The number of halogens is 1. The summed E-state index contributed by atoms with van der Waals surface area (Å²) in [6.45, 7) is 5.14. The molecular formula is C20H24FN3O3. The maximum Gasteiger partial charge on any atom is 0.341 e. The van der Waals surface area contributed by atoms with E-state index in [1.54, 1.807) is 0 Å². The van der Waals surface area contributed by atoms with Crippen molar-refractivity contribution in [3.05, 3.63) is 39.4 Å². The van der Waals surface area contributed by atoms with E-state index in [-0.39, 0.29) is 23.0 Å². The lowest BCUT2D eigenvalue weighted by molar-refractivity contribution is 0.0695. The first-order valence-electron chi connectivity index (χ1n) is 9.45. The number of pyridine rings is 1. The molecule has 0 radical (unpaired) electrons. The van der Waals surface area contributed by atoms with Gasteiger partial charge in [-0.15, -0.1) is 0 Å². The Bertz CT molecular complexity index is 996. The number of carboxylic acid groups (broad SMARTS) is 1. The van der Waals surface area contributed by atoms with Crippen LogP contribution in [0.5, 0.6) is 0 Å². The molecule has 2 aliphatic rings. The molecule has 7 heteroatoms. The number of aryl methyl sites for hydroxylation is 1. The summed E-state index contributed by atoms with van der Waals surface area (Å²) in [7, 11) is 0. The molecule has 2 atom stereocenters. The van der Waals surface area contributed by atoms with Gasteiger partial charge >= 0.3 is 5.97 Å². The predicted molar refractivity (Wildman–Crippen MR) is 102 cm³/mol. The van der Waals surface area contributed by atoms with Crippen LogP contribution in [0.2, 0.25) is 0 Å². The molecule has 2 fully saturated rings. The first kappa shape index (κ1) is 18.0. The lowest BCUT2D eigenvalue weighted by Crippen LogP contribution is -2.30. The standard InChI is InChI=1S/C20H24FN3O3/c1-3-11-7-23(9-16(11)22)18-10(2)17-13(6-15(18)21)19(25)14(20(26)27)8-24(17)12-4-5-12/h6,8,11-12,16H,3-5,7,9,22H2,1-2H3,(H,26,27)/t11-,16+/m0/s1. The lowest BCUT2D eigenvalue weighted by atomic mass is 10.0. The van der Waals surface area contributed by atoms with Gasteiger partial charge in [-0.2, -0.15) is 0 Å². The Morgan fingerprint density at radius 3 is 2.63 bits per heavy atom. The third-order valence-electron chi connectivity index (χ3n) is 5.98. The summed E-state index contributed by atoms with van der Waals surface area (Å²) in [5.74, 6) is -1.47. The molecule has 2 heterocycles. The minimum atomic E-state index is -1.28. The van der Waals surface area contributed by atoms with Gasteiger partial charge in [-0.05, 0) is 37.3 Å². The first-order chi connectivity index (χ1) is 12.8. The number of rotatable bonds is 4. The Morgan fingerprint density at radius 1 is 1.37 bits per heavy atom. The minimum absolute atomic E-state index is 0.00971. The van der Waals surface area contributed by atoms with Crippen molar-refractivity contribution in [1.82, 2.24) is 4.57 Å². The number of anilines is 1. The van der Waals surface area contributed by atoms with E-state index in [0.717, 1.165) is 19.3 Å². The molecule has 0 bridgehead atoms.